The molecule has 0 saturated carbocycles. The summed E-state index contributed by atoms with van der Waals surface area (Å²) in [6.07, 6.45) is 1.42. The third-order valence-corrected chi connectivity index (χ3v) is 2.65. The Hall–Kier alpha value is -3.07. The lowest BCUT2D eigenvalue weighted by Crippen LogP contribution is -2.09. The summed E-state index contributed by atoms with van der Waals surface area (Å²) in [5, 5.41) is 8.74. The SMILES string of the molecule is CCOC(=O)c1ccnc(Oc2ccc(C#N)cc2)c1N. The smallest absolute Gasteiger partial charge is 0.340 e. The molecular formula is C15H13N3O3. The van der Waals surface area contributed by atoms with Crippen molar-refractivity contribution in [2.45, 2.75) is 6.92 Å². The van der Waals surface area contributed by atoms with E-state index in [1.807, 2.05) is 6.07 Å². The number of rotatable bonds is 4. The van der Waals surface area contributed by atoms with Crippen molar-refractivity contribution in [1.82, 2.24) is 4.98 Å². The number of hydrogen-bond donors (Lipinski definition) is 1. The molecule has 0 radical (unpaired) electrons. The van der Waals surface area contributed by atoms with Gasteiger partial charge in [-0.1, -0.05) is 0 Å². The van der Waals surface area contributed by atoms with Crippen molar-refractivity contribution in [2.75, 3.05) is 12.3 Å². The minimum atomic E-state index is -0.526. The number of nitriles is 1. The number of anilines is 1. The van der Waals surface area contributed by atoms with Crippen molar-refractivity contribution < 1.29 is 14.3 Å². The molecule has 21 heavy (non-hydrogen) atoms. The molecule has 2 rings (SSSR count). The van der Waals surface area contributed by atoms with E-state index in [0.29, 0.717) is 11.3 Å². The lowest BCUT2D eigenvalue weighted by Gasteiger charge is -2.10. The average Bonchev–Trinajstić information content (AvgIpc) is 2.50. The van der Waals surface area contributed by atoms with Crippen molar-refractivity contribution in [3.05, 3.63) is 47.7 Å². The van der Waals surface area contributed by atoms with Crippen LogP contribution in [-0.4, -0.2) is 17.6 Å². The molecule has 0 saturated heterocycles. The van der Waals surface area contributed by atoms with Crippen LogP contribution in [0.2, 0.25) is 0 Å². The van der Waals surface area contributed by atoms with Crippen LogP contribution in [0.5, 0.6) is 11.6 Å². The summed E-state index contributed by atoms with van der Waals surface area (Å²) in [6, 6.07) is 9.95. The van der Waals surface area contributed by atoms with E-state index >= 15 is 0 Å². The van der Waals surface area contributed by atoms with Crippen LogP contribution in [0, 0.1) is 11.3 Å². The van der Waals surface area contributed by atoms with Crippen LogP contribution in [0.3, 0.4) is 0 Å². The van der Waals surface area contributed by atoms with Gasteiger partial charge in [0.15, 0.2) is 0 Å². The summed E-state index contributed by atoms with van der Waals surface area (Å²) in [4.78, 5) is 15.7. The first kappa shape index (κ1) is 14.3. The Morgan fingerprint density at radius 1 is 1.33 bits per heavy atom. The number of ether oxygens (including phenoxy) is 2. The minimum absolute atomic E-state index is 0.111. The fourth-order valence-corrected chi connectivity index (χ4v) is 1.63. The number of nitrogens with zero attached hydrogens (tertiary/aromatic N) is 2. The molecule has 1 aromatic heterocycles. The number of pyridine rings is 1. The summed E-state index contributed by atoms with van der Waals surface area (Å²) in [5.41, 5.74) is 6.71. The number of carbonyl (C=O) groups excluding carboxylic acids is 1. The Labute approximate surface area is 121 Å². The van der Waals surface area contributed by atoms with Gasteiger partial charge in [0.25, 0.3) is 0 Å². The Balaban J connectivity index is 2.26. The van der Waals surface area contributed by atoms with Crippen LogP contribution >= 0.6 is 0 Å². The van der Waals surface area contributed by atoms with Gasteiger partial charge in [-0.05, 0) is 37.3 Å². The van der Waals surface area contributed by atoms with Crippen molar-refractivity contribution in [2.24, 2.45) is 0 Å². The zero-order chi connectivity index (χ0) is 15.2. The number of benzene rings is 1. The fraction of sp³-hybridized carbons (Fsp3) is 0.133. The van der Waals surface area contributed by atoms with Crippen molar-refractivity contribution in [3.8, 4) is 17.7 Å². The topological polar surface area (TPSA) is 98.2 Å². The normalized spacial score (nSPS) is 9.71. The highest BCUT2D eigenvalue weighted by atomic mass is 16.5. The van der Waals surface area contributed by atoms with Gasteiger partial charge < -0.3 is 15.2 Å². The van der Waals surface area contributed by atoms with E-state index in [2.05, 4.69) is 4.98 Å². The molecule has 0 aliphatic heterocycles. The zero-order valence-electron chi connectivity index (χ0n) is 11.4. The van der Waals surface area contributed by atoms with E-state index in [9.17, 15) is 4.79 Å². The lowest BCUT2D eigenvalue weighted by molar-refractivity contribution is 0.0527. The van der Waals surface area contributed by atoms with E-state index in [1.165, 1.54) is 12.3 Å². The molecular weight excluding hydrogens is 270 g/mol. The molecule has 0 aliphatic rings. The summed E-state index contributed by atoms with van der Waals surface area (Å²) >= 11 is 0. The van der Waals surface area contributed by atoms with Crippen molar-refractivity contribution in [3.63, 3.8) is 0 Å². The lowest BCUT2D eigenvalue weighted by atomic mass is 10.2. The Kier molecular flexibility index (Phi) is 4.36. The highest BCUT2D eigenvalue weighted by molar-refractivity contribution is 5.96. The number of carbonyl (C=O) groups is 1. The molecule has 0 fully saturated rings. The fourth-order valence-electron chi connectivity index (χ4n) is 1.63. The monoisotopic (exact) mass is 283 g/mol. The summed E-state index contributed by atoms with van der Waals surface area (Å²) in [6.45, 7) is 1.97. The van der Waals surface area contributed by atoms with Gasteiger partial charge in [0, 0.05) is 6.20 Å². The van der Waals surface area contributed by atoms with Crippen molar-refractivity contribution in [1.29, 1.82) is 5.26 Å². The first-order chi connectivity index (χ1) is 10.2. The van der Waals surface area contributed by atoms with Gasteiger partial charge in [0.05, 0.1) is 23.8 Å². The predicted molar refractivity (Wildman–Crippen MR) is 75.8 cm³/mol. The van der Waals surface area contributed by atoms with Crippen LogP contribution in [0.25, 0.3) is 0 Å². The first-order valence-corrected chi connectivity index (χ1v) is 6.25. The van der Waals surface area contributed by atoms with Gasteiger partial charge in [-0.15, -0.1) is 0 Å². The molecule has 0 aliphatic carbocycles. The molecule has 0 bridgehead atoms. The number of aromatic nitrogens is 1. The maximum absolute atomic E-state index is 11.7. The highest BCUT2D eigenvalue weighted by Gasteiger charge is 2.15. The number of esters is 1. The van der Waals surface area contributed by atoms with E-state index < -0.39 is 5.97 Å². The average molecular weight is 283 g/mol. The molecule has 0 spiro atoms. The quantitative estimate of drug-likeness (QED) is 0.865. The summed E-state index contributed by atoms with van der Waals surface area (Å²) in [5.74, 6) is 0.0570. The molecule has 2 aromatic rings. The summed E-state index contributed by atoms with van der Waals surface area (Å²) < 4.78 is 10.4. The Morgan fingerprint density at radius 3 is 2.67 bits per heavy atom. The van der Waals surface area contributed by atoms with Crippen LogP contribution in [0.4, 0.5) is 5.69 Å². The van der Waals surface area contributed by atoms with E-state index in [-0.39, 0.29) is 23.7 Å². The molecule has 106 valence electrons. The largest absolute Gasteiger partial charge is 0.462 e. The Bertz CT molecular complexity index is 690. The molecule has 6 heteroatoms. The number of nitrogen functional groups attached to an aromatic ring is 1. The molecule has 6 nitrogen and oxygen atoms in total. The zero-order valence-corrected chi connectivity index (χ0v) is 11.4. The van der Waals surface area contributed by atoms with E-state index in [4.69, 9.17) is 20.5 Å². The third-order valence-electron chi connectivity index (χ3n) is 2.65. The molecule has 0 atom stereocenters. The minimum Gasteiger partial charge on any atom is -0.462 e. The first-order valence-electron chi connectivity index (χ1n) is 6.25. The number of nitrogens with two attached hydrogens (primary N) is 1. The predicted octanol–water partition coefficient (Wildman–Crippen LogP) is 2.50. The van der Waals surface area contributed by atoms with Crippen LogP contribution in [0.15, 0.2) is 36.5 Å². The van der Waals surface area contributed by atoms with Gasteiger partial charge in [-0.2, -0.15) is 5.26 Å². The molecule has 2 N–H and O–H groups in total. The number of hydrogen-bond acceptors (Lipinski definition) is 6. The molecule has 0 amide bonds. The molecule has 1 aromatic carbocycles. The van der Waals surface area contributed by atoms with Gasteiger partial charge in [0.2, 0.25) is 5.88 Å². The van der Waals surface area contributed by atoms with Gasteiger partial charge in [0.1, 0.15) is 11.4 Å². The third kappa shape index (κ3) is 3.28. The maximum atomic E-state index is 11.7. The molecule has 0 unspecified atom stereocenters. The van der Waals surface area contributed by atoms with E-state index in [0.717, 1.165) is 0 Å². The van der Waals surface area contributed by atoms with Crippen LogP contribution in [-0.2, 0) is 4.74 Å². The van der Waals surface area contributed by atoms with Gasteiger partial charge >= 0.3 is 5.97 Å². The second kappa shape index (κ2) is 6.39. The van der Waals surface area contributed by atoms with Gasteiger partial charge in [-0.25, -0.2) is 9.78 Å². The van der Waals surface area contributed by atoms with E-state index in [1.54, 1.807) is 31.2 Å². The van der Waals surface area contributed by atoms with Crippen LogP contribution < -0.4 is 10.5 Å². The second-order valence-corrected chi connectivity index (χ2v) is 4.04. The maximum Gasteiger partial charge on any atom is 0.340 e. The van der Waals surface area contributed by atoms with Gasteiger partial charge in [-0.3, -0.25) is 0 Å². The van der Waals surface area contributed by atoms with Crippen LogP contribution in [0.1, 0.15) is 22.8 Å². The second-order valence-electron chi connectivity index (χ2n) is 4.04. The summed E-state index contributed by atoms with van der Waals surface area (Å²) in [7, 11) is 0. The Morgan fingerprint density at radius 2 is 2.05 bits per heavy atom. The standard InChI is InChI=1S/C15H13N3O3/c1-2-20-15(19)12-7-8-18-14(13(12)17)21-11-5-3-10(9-16)4-6-11/h3-8H,2,17H2,1H3. The van der Waals surface area contributed by atoms with Crippen molar-refractivity contribution >= 4 is 11.7 Å². The molecule has 1 heterocycles. The highest BCUT2D eigenvalue weighted by Crippen LogP contribution is 2.28.